The molecule has 7 heteroatoms. The fourth-order valence-electron chi connectivity index (χ4n) is 3.01. The summed E-state index contributed by atoms with van der Waals surface area (Å²) in [7, 11) is 0. The summed E-state index contributed by atoms with van der Waals surface area (Å²) in [4.78, 5) is 25.2. The van der Waals surface area contributed by atoms with E-state index in [4.69, 9.17) is 0 Å². The van der Waals surface area contributed by atoms with Crippen molar-refractivity contribution in [3.8, 4) is 0 Å². The Morgan fingerprint density at radius 1 is 1.04 bits per heavy atom. The fraction of sp³-hybridized carbons (Fsp3) is 0.368. The first-order valence-electron chi connectivity index (χ1n) is 8.67. The smallest absolute Gasteiger partial charge is 0.265 e. The number of nitrogens with one attached hydrogen (secondary N) is 3. The molecule has 0 unspecified atom stereocenters. The number of amides is 2. The molecule has 5 nitrogen and oxygen atoms in total. The first-order chi connectivity index (χ1) is 12.2. The van der Waals surface area contributed by atoms with Crippen molar-refractivity contribution in [2.75, 3.05) is 23.7 Å². The van der Waals surface area contributed by atoms with Gasteiger partial charge in [-0.2, -0.15) is 0 Å². The Morgan fingerprint density at radius 3 is 2.38 bits per heavy atom. The highest BCUT2D eigenvalue weighted by atomic mass is 35.5. The average Bonchev–Trinajstić information content (AvgIpc) is 3.17. The highest BCUT2D eigenvalue weighted by Gasteiger charge is 2.16. The third kappa shape index (κ3) is 5.83. The molecule has 0 spiro atoms. The summed E-state index contributed by atoms with van der Waals surface area (Å²) >= 11 is 1.39. The zero-order valence-corrected chi connectivity index (χ0v) is 16.1. The Bertz CT molecular complexity index is 715. The van der Waals surface area contributed by atoms with Crippen molar-refractivity contribution in [2.45, 2.75) is 25.7 Å². The molecule has 1 fully saturated rings. The number of hydrogen-bond donors (Lipinski definition) is 3. The molecule has 2 heterocycles. The van der Waals surface area contributed by atoms with Crippen LogP contribution in [0.5, 0.6) is 0 Å². The van der Waals surface area contributed by atoms with E-state index in [0.717, 1.165) is 32.4 Å². The molecule has 1 aromatic heterocycles. The fourth-order valence-corrected chi connectivity index (χ4v) is 3.63. The van der Waals surface area contributed by atoms with E-state index >= 15 is 0 Å². The summed E-state index contributed by atoms with van der Waals surface area (Å²) in [5, 5.41) is 11.0. The van der Waals surface area contributed by atoms with Crippen LogP contribution in [0.3, 0.4) is 0 Å². The second kappa shape index (κ2) is 10.3. The molecule has 3 N–H and O–H groups in total. The van der Waals surface area contributed by atoms with E-state index in [1.54, 1.807) is 12.1 Å². The van der Waals surface area contributed by atoms with Crippen LogP contribution < -0.4 is 16.0 Å². The van der Waals surface area contributed by atoms with Gasteiger partial charge in [0.1, 0.15) is 0 Å². The van der Waals surface area contributed by atoms with Gasteiger partial charge in [-0.1, -0.05) is 18.2 Å². The minimum atomic E-state index is -0.161. The lowest BCUT2D eigenvalue weighted by Crippen LogP contribution is -2.28. The normalized spacial score (nSPS) is 14.3. The van der Waals surface area contributed by atoms with Crippen LogP contribution in [0.1, 0.15) is 35.4 Å². The lowest BCUT2D eigenvalue weighted by molar-refractivity contribution is -0.116. The number of anilines is 2. The molecule has 1 aromatic carbocycles. The molecule has 0 atom stereocenters. The molecule has 0 bridgehead atoms. The molecule has 2 amide bonds. The number of piperidine rings is 1. The number of hydrogen-bond acceptors (Lipinski definition) is 4. The highest BCUT2D eigenvalue weighted by Crippen LogP contribution is 2.24. The van der Waals surface area contributed by atoms with Crippen LogP contribution in [0.4, 0.5) is 11.4 Å². The van der Waals surface area contributed by atoms with Gasteiger partial charge in [0.25, 0.3) is 5.91 Å². The molecule has 0 aliphatic carbocycles. The van der Waals surface area contributed by atoms with Gasteiger partial charge in [-0.15, -0.1) is 23.7 Å². The van der Waals surface area contributed by atoms with Crippen molar-refractivity contribution < 1.29 is 9.59 Å². The Labute approximate surface area is 164 Å². The van der Waals surface area contributed by atoms with Gasteiger partial charge in [0.05, 0.1) is 16.3 Å². The zero-order valence-electron chi connectivity index (χ0n) is 14.5. The van der Waals surface area contributed by atoms with Crippen molar-refractivity contribution >= 4 is 46.9 Å². The first kappa shape index (κ1) is 20.4. The summed E-state index contributed by atoms with van der Waals surface area (Å²) in [6.45, 7) is 2.09. The quantitative estimate of drug-likeness (QED) is 0.690. The second-order valence-corrected chi connectivity index (χ2v) is 7.20. The maximum absolute atomic E-state index is 12.3. The standard InChI is InChI=1S/C19H23N3O2S.ClH/c23-18(8-7-14-9-11-20-12-10-14)21-15-4-1-2-5-16(15)22-19(24)17-6-3-13-25-17;/h1-6,13-14,20H,7-12H2,(H,21,23)(H,22,24);1H. The predicted octanol–water partition coefficient (Wildman–Crippen LogP) is 4.14. The third-order valence-electron chi connectivity index (χ3n) is 4.43. The summed E-state index contributed by atoms with van der Waals surface area (Å²) < 4.78 is 0. The van der Waals surface area contributed by atoms with Crippen molar-refractivity contribution in [1.82, 2.24) is 5.32 Å². The van der Waals surface area contributed by atoms with Crippen molar-refractivity contribution in [2.24, 2.45) is 5.92 Å². The SMILES string of the molecule is Cl.O=C(CCC1CCNCC1)Nc1ccccc1NC(=O)c1cccs1. The summed E-state index contributed by atoms with van der Waals surface area (Å²) in [6.07, 6.45) is 3.70. The van der Waals surface area contributed by atoms with Crippen LogP contribution in [0.2, 0.25) is 0 Å². The van der Waals surface area contributed by atoms with Gasteiger partial charge in [-0.25, -0.2) is 0 Å². The molecule has 1 aliphatic heterocycles. The van der Waals surface area contributed by atoms with Crippen LogP contribution in [-0.4, -0.2) is 24.9 Å². The van der Waals surface area contributed by atoms with E-state index in [0.29, 0.717) is 28.6 Å². The minimum absolute atomic E-state index is 0. The van der Waals surface area contributed by atoms with Gasteiger partial charge in [0, 0.05) is 6.42 Å². The maximum atomic E-state index is 12.3. The lowest BCUT2D eigenvalue weighted by Gasteiger charge is -2.22. The van der Waals surface area contributed by atoms with Crippen LogP contribution >= 0.6 is 23.7 Å². The van der Waals surface area contributed by atoms with Gasteiger partial charge in [0.2, 0.25) is 5.91 Å². The van der Waals surface area contributed by atoms with E-state index in [-0.39, 0.29) is 24.2 Å². The van der Waals surface area contributed by atoms with E-state index < -0.39 is 0 Å². The molecule has 0 saturated carbocycles. The Kier molecular flexibility index (Phi) is 8.09. The van der Waals surface area contributed by atoms with Crippen molar-refractivity contribution in [3.63, 3.8) is 0 Å². The second-order valence-electron chi connectivity index (χ2n) is 6.26. The van der Waals surface area contributed by atoms with Crippen LogP contribution in [0.25, 0.3) is 0 Å². The molecular formula is C19H24ClN3O2S. The lowest BCUT2D eigenvalue weighted by atomic mass is 9.93. The van der Waals surface area contributed by atoms with Crippen LogP contribution in [-0.2, 0) is 4.79 Å². The number of para-hydroxylation sites is 2. The van der Waals surface area contributed by atoms with Crippen molar-refractivity contribution in [3.05, 3.63) is 46.7 Å². The molecule has 1 aliphatic rings. The molecule has 1 saturated heterocycles. The number of benzene rings is 1. The zero-order chi connectivity index (χ0) is 17.5. The van der Waals surface area contributed by atoms with Crippen LogP contribution in [0, 0.1) is 5.92 Å². The van der Waals surface area contributed by atoms with Gasteiger partial charge < -0.3 is 16.0 Å². The average molecular weight is 394 g/mol. The van der Waals surface area contributed by atoms with Gasteiger partial charge in [-0.3, -0.25) is 9.59 Å². The van der Waals surface area contributed by atoms with Gasteiger partial charge in [-0.05, 0) is 61.8 Å². The number of rotatable bonds is 6. The number of carbonyl (C=O) groups excluding carboxylic acids is 2. The van der Waals surface area contributed by atoms with E-state index in [1.165, 1.54) is 11.3 Å². The number of carbonyl (C=O) groups is 2. The summed E-state index contributed by atoms with van der Waals surface area (Å²) in [5.74, 6) is 0.462. The number of halogens is 1. The Balaban J connectivity index is 0.00000243. The van der Waals surface area contributed by atoms with E-state index in [9.17, 15) is 9.59 Å². The maximum Gasteiger partial charge on any atom is 0.265 e. The van der Waals surface area contributed by atoms with E-state index in [1.807, 2.05) is 29.6 Å². The van der Waals surface area contributed by atoms with Crippen LogP contribution in [0.15, 0.2) is 41.8 Å². The van der Waals surface area contributed by atoms with Gasteiger partial charge in [0.15, 0.2) is 0 Å². The molecule has 140 valence electrons. The third-order valence-corrected chi connectivity index (χ3v) is 5.30. The molecular weight excluding hydrogens is 370 g/mol. The number of thiophene rings is 1. The monoisotopic (exact) mass is 393 g/mol. The van der Waals surface area contributed by atoms with E-state index in [2.05, 4.69) is 16.0 Å². The Morgan fingerprint density at radius 2 is 1.73 bits per heavy atom. The molecule has 2 aromatic rings. The highest BCUT2D eigenvalue weighted by molar-refractivity contribution is 7.12. The first-order valence-corrected chi connectivity index (χ1v) is 9.55. The minimum Gasteiger partial charge on any atom is -0.324 e. The summed E-state index contributed by atoms with van der Waals surface area (Å²) in [5.41, 5.74) is 1.26. The molecule has 3 rings (SSSR count). The largest absolute Gasteiger partial charge is 0.324 e. The van der Waals surface area contributed by atoms with Gasteiger partial charge >= 0.3 is 0 Å². The predicted molar refractivity (Wildman–Crippen MR) is 109 cm³/mol. The topological polar surface area (TPSA) is 70.2 Å². The van der Waals surface area contributed by atoms with Crippen molar-refractivity contribution in [1.29, 1.82) is 0 Å². The molecule has 26 heavy (non-hydrogen) atoms. The summed E-state index contributed by atoms with van der Waals surface area (Å²) in [6, 6.07) is 10.9. The molecule has 0 radical (unpaired) electrons. The Hall–Kier alpha value is -1.89.